The highest BCUT2D eigenvalue weighted by Gasteiger charge is 2.06. The van der Waals surface area contributed by atoms with Gasteiger partial charge in [-0.3, -0.25) is 15.3 Å². The van der Waals surface area contributed by atoms with Crippen LogP contribution in [0.3, 0.4) is 0 Å². The normalized spacial score (nSPS) is 13.0. The van der Waals surface area contributed by atoms with Crippen molar-refractivity contribution in [3.63, 3.8) is 0 Å². The van der Waals surface area contributed by atoms with Gasteiger partial charge in [-0.05, 0) is 35.9 Å². The maximum atomic E-state index is 10.6. The number of hydrogen-bond donors (Lipinski definition) is 1. The fourth-order valence-electron chi connectivity index (χ4n) is 1.54. The number of rotatable bonds is 2. The zero-order chi connectivity index (χ0) is 14.5. The van der Waals surface area contributed by atoms with Crippen LogP contribution in [0.25, 0.3) is 6.08 Å². The predicted octanol–water partition coefficient (Wildman–Crippen LogP) is 2.60. The molecule has 6 heteroatoms. The van der Waals surface area contributed by atoms with Crippen molar-refractivity contribution in [2.45, 2.75) is 0 Å². The molecule has 0 bridgehead atoms. The monoisotopic (exact) mass is 270 g/mol. The third-order valence-corrected chi connectivity index (χ3v) is 2.60. The topological polar surface area (TPSA) is 89.4 Å². The number of benzene rings is 1. The van der Waals surface area contributed by atoms with Crippen LogP contribution in [0, 0.1) is 15.3 Å². The highest BCUT2D eigenvalue weighted by atomic mass is 16.8. The molecule has 0 amide bonds. The highest BCUT2D eigenvalue weighted by Crippen LogP contribution is 2.13. The van der Waals surface area contributed by atoms with Gasteiger partial charge in [0.1, 0.15) is 0 Å². The Bertz CT molecular complexity index is 668. The van der Waals surface area contributed by atoms with E-state index in [2.05, 4.69) is 5.73 Å². The first-order valence-electron chi connectivity index (χ1n) is 5.67. The second-order valence-electron chi connectivity index (χ2n) is 3.96. The summed E-state index contributed by atoms with van der Waals surface area (Å²) >= 11 is 0. The molecule has 100 valence electrons. The van der Waals surface area contributed by atoms with Crippen molar-refractivity contribution in [1.29, 1.82) is 0 Å². The molecule has 0 unspecified atom stereocenters. The summed E-state index contributed by atoms with van der Waals surface area (Å²) in [7, 11) is 0. The van der Waals surface area contributed by atoms with E-state index < -0.39 is 4.92 Å². The third kappa shape index (κ3) is 3.22. The van der Waals surface area contributed by atoms with Crippen molar-refractivity contribution in [3.05, 3.63) is 80.8 Å². The van der Waals surface area contributed by atoms with E-state index in [1.54, 1.807) is 30.4 Å². The van der Waals surface area contributed by atoms with E-state index in [4.69, 9.17) is 5.21 Å². The number of allylic oxidation sites excluding steroid dienone is 5. The Morgan fingerprint density at radius 2 is 1.65 bits per heavy atom. The molecular formula is C14H10N2O4. The van der Waals surface area contributed by atoms with Crippen LogP contribution in [0.15, 0.2) is 59.9 Å². The van der Waals surface area contributed by atoms with E-state index in [0.717, 1.165) is 5.56 Å². The molecule has 0 aromatic heterocycles. The van der Waals surface area contributed by atoms with Crippen molar-refractivity contribution < 1.29 is 15.0 Å². The number of nitro groups is 1. The Labute approximate surface area is 114 Å². The van der Waals surface area contributed by atoms with Crippen molar-refractivity contribution in [3.8, 4) is 0 Å². The van der Waals surface area contributed by atoms with Gasteiger partial charge in [0.25, 0.3) is 11.4 Å². The minimum atomic E-state index is -0.459. The number of nitro benzene ring substituents is 1. The van der Waals surface area contributed by atoms with Gasteiger partial charge >= 0.3 is 0 Å². The Kier molecular flexibility index (Phi) is 3.79. The predicted molar refractivity (Wildman–Crippen MR) is 73.3 cm³/mol. The molecular weight excluding hydrogens is 260 g/mol. The van der Waals surface area contributed by atoms with Gasteiger partial charge < -0.3 is 5.21 Å². The van der Waals surface area contributed by atoms with Gasteiger partial charge in [0, 0.05) is 34.8 Å². The van der Waals surface area contributed by atoms with E-state index in [9.17, 15) is 15.3 Å². The highest BCUT2D eigenvalue weighted by molar-refractivity contribution is 6.02. The summed E-state index contributed by atoms with van der Waals surface area (Å²) in [6, 6.07) is 6.06. The zero-order valence-corrected chi connectivity index (χ0v) is 10.3. The second kappa shape index (κ2) is 5.69. The van der Waals surface area contributed by atoms with Gasteiger partial charge in [0.2, 0.25) is 0 Å². The maximum Gasteiger partial charge on any atom is 0.269 e. The van der Waals surface area contributed by atoms with E-state index in [0.29, 0.717) is 5.57 Å². The lowest BCUT2D eigenvalue weighted by atomic mass is 10.1. The molecule has 2 rings (SSSR count). The van der Waals surface area contributed by atoms with Gasteiger partial charge in [0.15, 0.2) is 0 Å². The molecule has 0 aliphatic heterocycles. The first kappa shape index (κ1) is 13.3. The molecule has 1 aromatic carbocycles. The quantitative estimate of drug-likeness (QED) is 0.294. The van der Waals surface area contributed by atoms with Crippen LogP contribution in [-0.2, 0) is 0 Å². The minimum absolute atomic E-state index is 0.0324. The Balaban J connectivity index is 2.20. The zero-order valence-electron chi connectivity index (χ0n) is 10.3. The van der Waals surface area contributed by atoms with Crippen LogP contribution in [0.4, 0.5) is 5.69 Å². The summed E-state index contributed by atoms with van der Waals surface area (Å²) < 4.78 is 0. The van der Waals surface area contributed by atoms with E-state index in [1.165, 1.54) is 24.3 Å². The van der Waals surface area contributed by atoms with E-state index in [-0.39, 0.29) is 16.3 Å². The first-order valence-corrected chi connectivity index (χ1v) is 5.67. The first-order chi connectivity index (χ1) is 9.56. The summed E-state index contributed by atoms with van der Waals surface area (Å²) in [5, 5.41) is 29.8. The van der Waals surface area contributed by atoms with E-state index >= 15 is 0 Å². The Morgan fingerprint density at radius 3 is 2.15 bits per heavy atom. The fourth-order valence-corrected chi connectivity index (χ4v) is 1.54. The summed E-state index contributed by atoms with van der Waals surface area (Å²) in [6.45, 7) is 0. The molecule has 1 aromatic rings. The third-order valence-electron chi connectivity index (χ3n) is 2.60. The van der Waals surface area contributed by atoms with Gasteiger partial charge in [-0.1, -0.05) is 0 Å². The van der Waals surface area contributed by atoms with Crippen molar-refractivity contribution in [1.82, 2.24) is 0 Å². The van der Waals surface area contributed by atoms with E-state index in [1.807, 2.05) is 0 Å². The van der Waals surface area contributed by atoms with Gasteiger partial charge in [-0.2, -0.15) is 0 Å². The lowest BCUT2D eigenvalue weighted by Crippen LogP contribution is -2.08. The van der Waals surface area contributed by atoms with Crippen molar-refractivity contribution in [2.75, 3.05) is 0 Å². The number of hydrogen-bond acceptors (Lipinski definition) is 4. The SMILES string of the molecule is O=[N+]([O-])c1ccc(C=C=C2C=CC(=[N+]([O-])O)C=C2)cc1. The van der Waals surface area contributed by atoms with Gasteiger partial charge in [-0.15, -0.1) is 5.73 Å². The number of nitrogens with zero attached hydrogens (tertiary/aromatic N) is 2. The molecule has 0 radical (unpaired) electrons. The van der Waals surface area contributed by atoms with Crippen molar-refractivity contribution in [2.24, 2.45) is 0 Å². The summed E-state index contributed by atoms with van der Waals surface area (Å²) in [5.74, 6) is 0. The smallest absolute Gasteiger partial charge is 0.269 e. The molecule has 1 N–H and O–H groups in total. The molecule has 6 nitrogen and oxygen atoms in total. The van der Waals surface area contributed by atoms with Crippen LogP contribution in [-0.4, -0.2) is 20.7 Å². The largest absolute Gasteiger partial charge is 0.417 e. The van der Waals surface area contributed by atoms with Crippen LogP contribution < -0.4 is 0 Å². The average molecular weight is 270 g/mol. The lowest BCUT2D eigenvalue weighted by molar-refractivity contribution is -0.725. The molecule has 0 saturated heterocycles. The Hall–Kier alpha value is -3.11. The van der Waals surface area contributed by atoms with Crippen LogP contribution >= 0.6 is 0 Å². The Morgan fingerprint density at radius 1 is 1.05 bits per heavy atom. The molecule has 0 saturated carbocycles. The molecule has 0 fully saturated rings. The summed E-state index contributed by atoms with van der Waals surface area (Å²) in [4.78, 5) is 9.83. The molecule has 20 heavy (non-hydrogen) atoms. The molecule has 1 aliphatic rings. The summed E-state index contributed by atoms with van der Waals surface area (Å²) in [6.07, 6.45) is 7.83. The summed E-state index contributed by atoms with van der Waals surface area (Å²) in [5.41, 5.74) is 4.63. The van der Waals surface area contributed by atoms with Crippen molar-refractivity contribution >= 4 is 17.5 Å². The molecule has 0 atom stereocenters. The minimum Gasteiger partial charge on any atom is -0.417 e. The average Bonchev–Trinajstić information content (AvgIpc) is 2.46. The van der Waals surface area contributed by atoms with Gasteiger partial charge in [0.05, 0.1) is 4.92 Å². The number of non-ortho nitro benzene ring substituents is 1. The second-order valence-corrected chi connectivity index (χ2v) is 3.96. The van der Waals surface area contributed by atoms with Crippen LogP contribution in [0.1, 0.15) is 5.56 Å². The maximum absolute atomic E-state index is 10.6. The molecule has 0 heterocycles. The molecule has 0 spiro atoms. The van der Waals surface area contributed by atoms with Crippen LogP contribution in [0.2, 0.25) is 0 Å². The fraction of sp³-hybridized carbons (Fsp3) is 0. The molecule has 1 aliphatic carbocycles. The standard InChI is InChI=1S/C14H10N2O4/c17-15(18)13-7-3-11(4-8-13)1-2-12-5-9-14(10-6-12)16(19)20/h1,3-10H,(H,19,20). The van der Waals surface area contributed by atoms with Gasteiger partial charge in [-0.25, -0.2) is 0 Å². The van der Waals surface area contributed by atoms with Crippen LogP contribution in [0.5, 0.6) is 0 Å². The lowest BCUT2D eigenvalue weighted by Gasteiger charge is -1.97.